The molecule has 0 saturated carbocycles. The highest BCUT2D eigenvalue weighted by atomic mass is 32.2. The normalized spacial score (nSPS) is 11.1. The summed E-state index contributed by atoms with van der Waals surface area (Å²) in [6, 6.07) is 13.6. The number of aromatic amines is 1. The molecule has 0 aliphatic heterocycles. The average molecular weight is 419 g/mol. The molecule has 1 amide bonds. The maximum Gasteiger partial charge on any atom is 0.278 e. The first kappa shape index (κ1) is 20.0. The van der Waals surface area contributed by atoms with Crippen molar-refractivity contribution in [1.29, 1.82) is 0 Å². The molecule has 4 aromatic rings. The fourth-order valence-corrected chi connectivity index (χ4v) is 4.35. The lowest BCUT2D eigenvalue weighted by molar-refractivity contribution is -0.113. The predicted octanol–water partition coefficient (Wildman–Crippen LogP) is 4.41. The fourth-order valence-electron chi connectivity index (χ4n) is 3.55. The molecule has 0 atom stereocenters. The molecule has 0 unspecified atom stereocenters. The van der Waals surface area contributed by atoms with Crippen LogP contribution in [0.5, 0.6) is 0 Å². The number of carbonyl (C=O) groups is 1. The Morgan fingerprint density at radius 3 is 2.70 bits per heavy atom. The molecule has 2 heterocycles. The second-order valence-electron chi connectivity index (χ2n) is 7.21. The van der Waals surface area contributed by atoms with Crippen LogP contribution in [0.15, 0.2) is 65.1 Å². The van der Waals surface area contributed by atoms with Crippen LogP contribution in [0.3, 0.4) is 0 Å². The maximum atomic E-state index is 13.0. The third-order valence-corrected chi connectivity index (χ3v) is 5.70. The Kier molecular flexibility index (Phi) is 5.46. The van der Waals surface area contributed by atoms with Gasteiger partial charge in [0.1, 0.15) is 11.0 Å². The zero-order valence-electron chi connectivity index (χ0n) is 16.9. The Labute approximate surface area is 178 Å². The standard InChI is InChI=1S/C23H22N4O2S/c1-4-9-27-22(29)21-20(17-7-5-6-8-18(17)25-21)26-23(27)30-13-19(28)24-16-11-14(2)10-15(3)12-16/h4-8,10-12,25H,1,9,13H2,2-3H3,(H,24,28). The summed E-state index contributed by atoms with van der Waals surface area (Å²) < 4.78 is 1.54. The van der Waals surface area contributed by atoms with Gasteiger partial charge in [0, 0.05) is 23.1 Å². The number of hydrogen-bond acceptors (Lipinski definition) is 4. The largest absolute Gasteiger partial charge is 0.349 e. The number of anilines is 1. The van der Waals surface area contributed by atoms with E-state index in [0.717, 1.165) is 27.7 Å². The van der Waals surface area contributed by atoms with Crippen LogP contribution >= 0.6 is 11.8 Å². The third kappa shape index (κ3) is 3.89. The number of aryl methyl sites for hydroxylation is 2. The van der Waals surface area contributed by atoms with Gasteiger partial charge in [-0.1, -0.05) is 42.1 Å². The number of thioether (sulfide) groups is 1. The number of rotatable bonds is 6. The van der Waals surface area contributed by atoms with E-state index in [0.29, 0.717) is 22.7 Å². The molecule has 152 valence electrons. The van der Waals surface area contributed by atoms with Gasteiger partial charge >= 0.3 is 0 Å². The summed E-state index contributed by atoms with van der Waals surface area (Å²) in [5.74, 6) is -0.00632. The summed E-state index contributed by atoms with van der Waals surface area (Å²) in [5.41, 5.74) is 4.70. The molecule has 0 bridgehead atoms. The van der Waals surface area contributed by atoms with E-state index in [1.165, 1.54) is 11.8 Å². The van der Waals surface area contributed by atoms with Crippen LogP contribution in [0.2, 0.25) is 0 Å². The number of benzene rings is 2. The predicted molar refractivity (Wildman–Crippen MR) is 123 cm³/mol. The van der Waals surface area contributed by atoms with Gasteiger partial charge in [0.15, 0.2) is 5.16 Å². The van der Waals surface area contributed by atoms with E-state index in [2.05, 4.69) is 22.9 Å². The molecule has 4 rings (SSSR count). The topological polar surface area (TPSA) is 79.8 Å². The first-order valence-corrected chi connectivity index (χ1v) is 10.6. The second kappa shape index (κ2) is 8.20. The van der Waals surface area contributed by atoms with Crippen molar-refractivity contribution in [2.45, 2.75) is 25.5 Å². The van der Waals surface area contributed by atoms with E-state index in [1.54, 1.807) is 10.6 Å². The number of amides is 1. The maximum absolute atomic E-state index is 13.0. The van der Waals surface area contributed by atoms with E-state index in [9.17, 15) is 9.59 Å². The molecule has 2 aromatic heterocycles. The van der Waals surface area contributed by atoms with Crippen LogP contribution in [0, 0.1) is 13.8 Å². The highest BCUT2D eigenvalue weighted by Gasteiger charge is 2.16. The lowest BCUT2D eigenvalue weighted by Gasteiger charge is -2.11. The number of allylic oxidation sites excluding steroid dienone is 1. The first-order valence-electron chi connectivity index (χ1n) is 9.59. The van der Waals surface area contributed by atoms with Gasteiger partial charge in [-0.05, 0) is 43.2 Å². The minimum Gasteiger partial charge on any atom is -0.349 e. The number of fused-ring (bicyclic) bond motifs is 3. The van der Waals surface area contributed by atoms with Gasteiger partial charge < -0.3 is 10.3 Å². The SMILES string of the molecule is C=CCn1c(SCC(=O)Nc2cc(C)cc(C)c2)nc2c([nH]c3ccccc32)c1=O. The van der Waals surface area contributed by atoms with E-state index in [4.69, 9.17) is 4.98 Å². The summed E-state index contributed by atoms with van der Waals surface area (Å²) in [6.07, 6.45) is 1.65. The highest BCUT2D eigenvalue weighted by Crippen LogP contribution is 2.25. The van der Waals surface area contributed by atoms with Crippen LogP contribution in [-0.2, 0) is 11.3 Å². The molecule has 6 nitrogen and oxygen atoms in total. The van der Waals surface area contributed by atoms with Crippen molar-refractivity contribution in [3.63, 3.8) is 0 Å². The highest BCUT2D eigenvalue weighted by molar-refractivity contribution is 7.99. The minimum atomic E-state index is -0.173. The molecule has 0 spiro atoms. The molecule has 30 heavy (non-hydrogen) atoms. The van der Waals surface area contributed by atoms with Gasteiger partial charge in [0.25, 0.3) is 5.56 Å². The number of aromatic nitrogens is 3. The summed E-state index contributed by atoms with van der Waals surface area (Å²) in [4.78, 5) is 33.4. The van der Waals surface area contributed by atoms with Gasteiger partial charge in [-0.15, -0.1) is 6.58 Å². The molecule has 7 heteroatoms. The van der Waals surface area contributed by atoms with Crippen LogP contribution in [0.25, 0.3) is 21.9 Å². The van der Waals surface area contributed by atoms with Crippen LogP contribution < -0.4 is 10.9 Å². The number of nitrogens with zero attached hydrogens (tertiary/aromatic N) is 2. The van der Waals surface area contributed by atoms with E-state index in [-0.39, 0.29) is 17.2 Å². The van der Waals surface area contributed by atoms with Gasteiger partial charge in [0.2, 0.25) is 5.91 Å². The molecular weight excluding hydrogens is 396 g/mol. The Morgan fingerprint density at radius 2 is 1.97 bits per heavy atom. The fraction of sp³-hybridized carbons (Fsp3) is 0.174. The summed E-state index contributed by atoms with van der Waals surface area (Å²) in [7, 11) is 0. The number of H-pyrrole nitrogens is 1. The van der Waals surface area contributed by atoms with E-state index >= 15 is 0 Å². The Bertz CT molecular complexity index is 1320. The smallest absolute Gasteiger partial charge is 0.278 e. The van der Waals surface area contributed by atoms with Crippen molar-refractivity contribution in [3.05, 3.63) is 76.6 Å². The van der Waals surface area contributed by atoms with Crippen molar-refractivity contribution in [2.75, 3.05) is 11.1 Å². The van der Waals surface area contributed by atoms with Gasteiger partial charge in [0.05, 0.1) is 5.75 Å². The van der Waals surface area contributed by atoms with Crippen LogP contribution in [0.1, 0.15) is 11.1 Å². The summed E-state index contributed by atoms with van der Waals surface area (Å²) >= 11 is 1.24. The van der Waals surface area contributed by atoms with Crippen molar-refractivity contribution in [1.82, 2.24) is 14.5 Å². The van der Waals surface area contributed by atoms with Gasteiger partial charge in [-0.2, -0.15) is 0 Å². The van der Waals surface area contributed by atoms with Crippen LogP contribution in [-0.4, -0.2) is 26.2 Å². The van der Waals surface area contributed by atoms with Gasteiger partial charge in [-0.3, -0.25) is 14.2 Å². The molecule has 0 fully saturated rings. The zero-order valence-corrected chi connectivity index (χ0v) is 17.7. The molecule has 0 aliphatic rings. The lowest BCUT2D eigenvalue weighted by Crippen LogP contribution is -2.23. The number of hydrogen-bond donors (Lipinski definition) is 2. The molecule has 0 radical (unpaired) electrons. The Balaban J connectivity index is 1.64. The summed E-state index contributed by atoms with van der Waals surface area (Å²) in [6.45, 7) is 8.04. The van der Waals surface area contributed by atoms with E-state index < -0.39 is 0 Å². The van der Waals surface area contributed by atoms with E-state index in [1.807, 2.05) is 50.2 Å². The van der Waals surface area contributed by atoms with Crippen molar-refractivity contribution in [3.8, 4) is 0 Å². The van der Waals surface area contributed by atoms with Crippen molar-refractivity contribution in [2.24, 2.45) is 0 Å². The molecule has 2 N–H and O–H groups in total. The zero-order chi connectivity index (χ0) is 21.3. The number of carbonyl (C=O) groups excluding carboxylic acids is 1. The monoisotopic (exact) mass is 418 g/mol. The lowest BCUT2D eigenvalue weighted by atomic mass is 10.1. The molecule has 0 saturated heterocycles. The molecular formula is C23H22N4O2S. The van der Waals surface area contributed by atoms with Crippen molar-refractivity contribution >= 4 is 45.3 Å². The Hall–Kier alpha value is -3.32. The van der Waals surface area contributed by atoms with Gasteiger partial charge in [-0.25, -0.2) is 4.98 Å². The first-order chi connectivity index (χ1) is 14.5. The van der Waals surface area contributed by atoms with Crippen LogP contribution in [0.4, 0.5) is 5.69 Å². The average Bonchev–Trinajstić information content (AvgIpc) is 3.07. The Morgan fingerprint density at radius 1 is 1.23 bits per heavy atom. The molecule has 0 aliphatic carbocycles. The molecule has 2 aromatic carbocycles. The quantitative estimate of drug-likeness (QED) is 0.276. The minimum absolute atomic E-state index is 0.143. The number of para-hydroxylation sites is 1. The third-order valence-electron chi connectivity index (χ3n) is 4.73. The van der Waals surface area contributed by atoms with Crippen molar-refractivity contribution < 1.29 is 4.79 Å². The summed E-state index contributed by atoms with van der Waals surface area (Å²) in [5, 5.41) is 4.30. The second-order valence-corrected chi connectivity index (χ2v) is 8.15. The number of nitrogens with one attached hydrogen (secondary N) is 2.